The minimum atomic E-state index is -1.26. The van der Waals surface area contributed by atoms with Crippen LogP contribution in [0.1, 0.15) is 86.1 Å². The van der Waals surface area contributed by atoms with Crippen molar-refractivity contribution in [1.82, 2.24) is 20.6 Å². The number of aliphatic hydroxyl groups excluding tert-OH is 2. The van der Waals surface area contributed by atoms with E-state index in [0.29, 0.717) is 67.8 Å². The van der Waals surface area contributed by atoms with Crippen LogP contribution in [0, 0.1) is 0 Å². The van der Waals surface area contributed by atoms with Crippen molar-refractivity contribution in [2.24, 2.45) is 0 Å². The minimum Gasteiger partial charge on any atom is -0.478 e. The third-order valence-corrected chi connectivity index (χ3v) is 10.5. The molecule has 0 bridgehead atoms. The fourth-order valence-corrected chi connectivity index (χ4v) is 6.72. The lowest BCUT2D eigenvalue weighted by molar-refractivity contribution is -0.134. The molecule has 0 aliphatic heterocycles. The van der Waals surface area contributed by atoms with Gasteiger partial charge in [-0.05, 0) is 98.4 Å². The number of pyridine rings is 2. The number of carboxylic acids is 2. The smallest absolute Gasteiger partial charge is 0.328 e. The second kappa shape index (κ2) is 34.3. The summed E-state index contributed by atoms with van der Waals surface area (Å²) in [5.74, 6) is -2.51. The first-order valence-corrected chi connectivity index (χ1v) is 22.6. The quantitative estimate of drug-likeness (QED) is 0.0151. The fraction of sp³-hybridized carbons (Fsp3) is 0.435. The Morgan fingerprint density at radius 3 is 1.27 bits per heavy atom. The SMILES string of the molecule is Nc1c(Cl)cc([C@H](O)CNCCCCCCOCCc2ccccn2)cc1Cl.Nc1c(Cl)cc([C@H](O)CNCCCCCCOCCc2ccccn2)cc1Cl.O=C(O)/C=C/C(=O)O. The maximum Gasteiger partial charge on any atom is 0.328 e. The van der Waals surface area contributed by atoms with Gasteiger partial charge in [0.15, 0.2) is 0 Å². The highest BCUT2D eigenvalue weighted by Crippen LogP contribution is 2.32. The molecular formula is C46H62Cl4N6O8. The number of nitrogens with zero attached hydrogens (tertiary/aromatic N) is 2. The van der Waals surface area contributed by atoms with Crippen LogP contribution in [-0.4, -0.2) is 94.9 Å². The van der Waals surface area contributed by atoms with Crippen LogP contribution in [0.4, 0.5) is 11.4 Å². The van der Waals surface area contributed by atoms with Gasteiger partial charge >= 0.3 is 11.9 Å². The summed E-state index contributed by atoms with van der Waals surface area (Å²) in [7, 11) is 0. The molecule has 2 aromatic carbocycles. The molecule has 0 spiro atoms. The minimum absolute atomic E-state index is 0.341. The van der Waals surface area contributed by atoms with Crippen molar-refractivity contribution in [3.05, 3.63) is 128 Å². The summed E-state index contributed by atoms with van der Waals surface area (Å²) in [5.41, 5.74) is 15.6. The lowest BCUT2D eigenvalue weighted by Gasteiger charge is -2.14. The van der Waals surface area contributed by atoms with Gasteiger partial charge in [0.2, 0.25) is 0 Å². The highest BCUT2D eigenvalue weighted by atomic mass is 35.5. The highest BCUT2D eigenvalue weighted by Gasteiger charge is 2.13. The molecule has 2 atom stereocenters. The summed E-state index contributed by atoms with van der Waals surface area (Å²) in [6, 6.07) is 18.5. The number of unbranched alkanes of at least 4 members (excludes halogenated alkanes) is 6. The van der Waals surface area contributed by atoms with Gasteiger partial charge in [-0.1, -0.05) is 84.2 Å². The second-order valence-electron chi connectivity index (χ2n) is 14.4. The molecular weight excluding hydrogens is 906 g/mol. The van der Waals surface area contributed by atoms with Gasteiger partial charge in [0, 0.05) is 75.1 Å². The average Bonchev–Trinajstić information content (AvgIpc) is 3.28. The van der Waals surface area contributed by atoms with Crippen molar-refractivity contribution in [3.8, 4) is 0 Å². The summed E-state index contributed by atoms with van der Waals surface area (Å²) in [4.78, 5) is 27.7. The van der Waals surface area contributed by atoms with E-state index in [4.69, 9.17) is 77.6 Å². The first kappa shape index (κ1) is 56.1. The molecule has 0 unspecified atom stereocenters. The van der Waals surface area contributed by atoms with Crippen molar-refractivity contribution in [2.45, 2.75) is 76.4 Å². The number of aliphatic carboxylic acids is 2. The van der Waals surface area contributed by atoms with E-state index in [1.807, 2.05) is 48.8 Å². The Bertz CT molecular complexity index is 1750. The van der Waals surface area contributed by atoms with E-state index < -0.39 is 24.1 Å². The topological polar surface area (TPSA) is 235 Å². The van der Waals surface area contributed by atoms with Gasteiger partial charge in [0.1, 0.15) is 0 Å². The van der Waals surface area contributed by atoms with Crippen molar-refractivity contribution in [1.29, 1.82) is 0 Å². The lowest BCUT2D eigenvalue weighted by atomic mass is 10.1. The Balaban J connectivity index is 0.000000376. The Kier molecular flexibility index (Phi) is 30.1. The summed E-state index contributed by atoms with van der Waals surface area (Å²) in [6.07, 6.45) is 13.9. The number of anilines is 2. The molecule has 0 aliphatic rings. The third-order valence-electron chi connectivity index (χ3n) is 9.26. The molecule has 14 nitrogen and oxygen atoms in total. The number of rotatable bonds is 28. The van der Waals surface area contributed by atoms with Crippen LogP contribution in [0.3, 0.4) is 0 Å². The van der Waals surface area contributed by atoms with E-state index in [0.717, 1.165) is 115 Å². The number of carboxylic acid groups (broad SMARTS) is 2. The summed E-state index contributed by atoms with van der Waals surface area (Å²) < 4.78 is 11.3. The first-order chi connectivity index (χ1) is 30.8. The zero-order chi connectivity index (χ0) is 47.0. The van der Waals surface area contributed by atoms with Crippen molar-refractivity contribution in [2.75, 3.05) is 64.1 Å². The molecule has 0 saturated heterocycles. The van der Waals surface area contributed by atoms with Crippen LogP contribution in [0.2, 0.25) is 20.1 Å². The van der Waals surface area contributed by atoms with Crippen LogP contribution in [-0.2, 0) is 31.9 Å². The number of hydrogen-bond donors (Lipinski definition) is 8. The number of hydrogen-bond acceptors (Lipinski definition) is 12. The molecule has 0 saturated carbocycles. The normalized spacial score (nSPS) is 11.9. The molecule has 0 fully saturated rings. The van der Waals surface area contributed by atoms with E-state index in [9.17, 15) is 19.8 Å². The molecule has 10 N–H and O–H groups in total. The zero-order valence-corrected chi connectivity index (χ0v) is 39.0. The lowest BCUT2D eigenvalue weighted by Crippen LogP contribution is -2.22. The number of nitrogens with one attached hydrogen (secondary N) is 2. The number of nitrogen functional groups attached to an aromatic ring is 2. The maximum absolute atomic E-state index is 10.2. The number of aromatic nitrogens is 2. The summed E-state index contributed by atoms with van der Waals surface area (Å²) in [6.45, 7) is 5.63. The summed E-state index contributed by atoms with van der Waals surface area (Å²) in [5, 5.41) is 44.1. The summed E-state index contributed by atoms with van der Waals surface area (Å²) >= 11 is 24.0. The van der Waals surface area contributed by atoms with Gasteiger partial charge < -0.3 is 52.0 Å². The van der Waals surface area contributed by atoms with E-state index in [1.165, 1.54) is 0 Å². The van der Waals surface area contributed by atoms with Crippen molar-refractivity contribution >= 4 is 69.7 Å². The molecule has 2 heterocycles. The van der Waals surface area contributed by atoms with Gasteiger partial charge in [0.05, 0.1) is 56.9 Å². The third kappa shape index (κ3) is 26.0. The molecule has 18 heteroatoms. The molecule has 4 rings (SSSR count). The van der Waals surface area contributed by atoms with Crippen LogP contribution in [0.25, 0.3) is 0 Å². The van der Waals surface area contributed by atoms with Gasteiger partial charge in [-0.3, -0.25) is 9.97 Å². The predicted molar refractivity (Wildman–Crippen MR) is 256 cm³/mol. The predicted octanol–water partition coefficient (Wildman–Crippen LogP) is 8.54. The molecule has 64 heavy (non-hydrogen) atoms. The van der Waals surface area contributed by atoms with E-state index >= 15 is 0 Å². The van der Waals surface area contributed by atoms with Gasteiger partial charge in [-0.15, -0.1) is 0 Å². The van der Waals surface area contributed by atoms with Crippen molar-refractivity contribution < 1.29 is 39.5 Å². The van der Waals surface area contributed by atoms with E-state index in [2.05, 4.69) is 20.6 Å². The molecule has 4 aromatic rings. The molecule has 0 amide bonds. The second-order valence-corrected chi connectivity index (χ2v) is 16.1. The Morgan fingerprint density at radius 2 is 0.938 bits per heavy atom. The van der Waals surface area contributed by atoms with Crippen LogP contribution in [0.15, 0.2) is 85.2 Å². The number of halogens is 4. The van der Waals surface area contributed by atoms with Crippen LogP contribution >= 0.6 is 46.4 Å². The largest absolute Gasteiger partial charge is 0.478 e. The Morgan fingerprint density at radius 1 is 0.578 bits per heavy atom. The molecule has 0 aliphatic carbocycles. The van der Waals surface area contributed by atoms with Gasteiger partial charge in [-0.2, -0.15) is 0 Å². The maximum atomic E-state index is 10.2. The van der Waals surface area contributed by atoms with Crippen LogP contribution < -0.4 is 22.1 Å². The van der Waals surface area contributed by atoms with Crippen LogP contribution in [0.5, 0.6) is 0 Å². The Hall–Kier alpha value is -4.06. The van der Waals surface area contributed by atoms with E-state index in [-0.39, 0.29) is 0 Å². The van der Waals surface area contributed by atoms with Crippen molar-refractivity contribution in [3.63, 3.8) is 0 Å². The molecule has 0 radical (unpaired) electrons. The molecule has 2 aromatic heterocycles. The van der Waals surface area contributed by atoms with Gasteiger partial charge in [0.25, 0.3) is 0 Å². The monoisotopic (exact) mass is 966 g/mol. The highest BCUT2D eigenvalue weighted by molar-refractivity contribution is 6.39. The number of benzene rings is 2. The fourth-order valence-electron chi connectivity index (χ4n) is 5.71. The standard InChI is InChI=1S/2C21H29Cl2N3O2.C4H4O4/c2*22-18-13-16(14-19(23)21(18)24)20(27)15-25-9-4-1-2-6-11-28-12-8-17-7-3-5-10-26-17;5-3(6)1-2-4(7)8/h2*3,5,7,10,13-14,20,25,27H,1-2,4,6,8-9,11-12,15,24H2;1-2H,(H,5,6)(H,7,8)/b;;2-1+/t2*20-;/m11./s1. The molecule has 352 valence electrons. The first-order valence-electron chi connectivity index (χ1n) is 21.1. The van der Waals surface area contributed by atoms with Gasteiger partial charge in [-0.25, -0.2) is 9.59 Å². The number of nitrogens with two attached hydrogens (primary N) is 2. The number of aliphatic hydroxyl groups is 2. The average molecular weight is 969 g/mol. The van der Waals surface area contributed by atoms with E-state index in [1.54, 1.807) is 24.3 Å². The number of ether oxygens (including phenoxy) is 2. The Labute approximate surface area is 396 Å². The zero-order valence-electron chi connectivity index (χ0n) is 35.9. The number of carbonyl (C=O) groups is 2.